The summed E-state index contributed by atoms with van der Waals surface area (Å²) in [7, 11) is 1.63. The second-order valence-corrected chi connectivity index (χ2v) is 9.96. The van der Waals surface area contributed by atoms with Gasteiger partial charge in [0.15, 0.2) is 0 Å². The molecular weight excluding hydrogens is 523 g/mol. The van der Waals surface area contributed by atoms with E-state index in [4.69, 9.17) is 0 Å². The number of carbonyl (C=O) groups excluding carboxylic acids is 2. The van der Waals surface area contributed by atoms with Crippen LogP contribution in [0.5, 0.6) is 5.75 Å². The topological polar surface area (TPSA) is 82.1 Å². The maximum atomic E-state index is 13.3. The second kappa shape index (κ2) is 12.9. The Balaban J connectivity index is 1.43. The minimum Gasteiger partial charge on any atom is -0.406 e. The molecule has 10 heteroatoms. The zero-order valence-electron chi connectivity index (χ0n) is 22.1. The molecule has 1 aliphatic heterocycles. The van der Waals surface area contributed by atoms with Gasteiger partial charge in [-0.1, -0.05) is 66.7 Å². The Morgan fingerprint density at radius 3 is 2.35 bits per heavy atom. The van der Waals surface area contributed by atoms with Gasteiger partial charge in [-0.2, -0.15) is 0 Å². The fraction of sp³-hybridized carbons (Fsp3) is 0.333. The number of aliphatic hydroxyl groups excluding tert-OH is 1. The van der Waals surface area contributed by atoms with E-state index in [9.17, 15) is 27.9 Å². The number of carbonyl (C=O) groups is 2. The highest BCUT2D eigenvalue weighted by Gasteiger charge is 2.36. The number of aliphatic hydroxyl groups is 1. The summed E-state index contributed by atoms with van der Waals surface area (Å²) >= 11 is 0. The van der Waals surface area contributed by atoms with Crippen LogP contribution in [-0.2, 0) is 22.6 Å². The Kier molecular flexibility index (Phi) is 9.31. The molecule has 0 radical (unpaired) electrons. The Labute approximate surface area is 231 Å². The third kappa shape index (κ3) is 8.22. The number of likely N-dealkylation sites (N-methyl/N-ethyl adjacent to an activating group) is 1. The lowest BCUT2D eigenvalue weighted by atomic mass is 9.99. The van der Waals surface area contributed by atoms with Gasteiger partial charge in [-0.3, -0.25) is 9.59 Å². The van der Waals surface area contributed by atoms with Crippen LogP contribution in [0.25, 0.3) is 0 Å². The number of hydrogen-bond donors (Lipinski definition) is 2. The Morgan fingerprint density at radius 1 is 1.05 bits per heavy atom. The summed E-state index contributed by atoms with van der Waals surface area (Å²) in [6.45, 7) is 0.720. The van der Waals surface area contributed by atoms with Gasteiger partial charge in [-0.05, 0) is 29.7 Å². The molecule has 3 aromatic rings. The first-order valence-corrected chi connectivity index (χ1v) is 13.0. The Hall–Kier alpha value is -4.05. The third-order valence-corrected chi connectivity index (χ3v) is 6.84. The van der Waals surface area contributed by atoms with Crippen LogP contribution in [0.4, 0.5) is 18.9 Å². The largest absolute Gasteiger partial charge is 0.573 e. The van der Waals surface area contributed by atoms with E-state index in [-0.39, 0.29) is 37.1 Å². The summed E-state index contributed by atoms with van der Waals surface area (Å²) in [5, 5.41) is 14.1. The molecule has 2 N–H and O–H groups in total. The van der Waals surface area contributed by atoms with Crippen LogP contribution in [0.2, 0.25) is 0 Å². The summed E-state index contributed by atoms with van der Waals surface area (Å²) in [5.74, 6) is -1.36. The number of nitrogens with zero attached hydrogens (tertiary/aromatic N) is 2. The van der Waals surface area contributed by atoms with Crippen molar-refractivity contribution < 1.29 is 32.6 Å². The molecule has 1 unspecified atom stereocenters. The van der Waals surface area contributed by atoms with E-state index >= 15 is 0 Å². The normalized spacial score (nSPS) is 16.9. The van der Waals surface area contributed by atoms with Crippen molar-refractivity contribution in [3.63, 3.8) is 0 Å². The zero-order valence-corrected chi connectivity index (χ0v) is 22.1. The number of likely N-dealkylation sites (tertiary alicyclic amines) is 1. The van der Waals surface area contributed by atoms with Gasteiger partial charge in [-0.25, -0.2) is 0 Å². The van der Waals surface area contributed by atoms with Crippen molar-refractivity contribution in [3.8, 4) is 5.75 Å². The minimum atomic E-state index is -4.82. The Bertz CT molecular complexity index is 1270. The van der Waals surface area contributed by atoms with Crippen LogP contribution >= 0.6 is 0 Å². The van der Waals surface area contributed by atoms with E-state index in [1.807, 2.05) is 60.7 Å². The number of rotatable bonds is 11. The fourth-order valence-corrected chi connectivity index (χ4v) is 4.79. The predicted molar refractivity (Wildman–Crippen MR) is 144 cm³/mol. The van der Waals surface area contributed by atoms with Gasteiger partial charge in [0.1, 0.15) is 5.75 Å². The molecule has 0 spiro atoms. The molecular formula is C30H32F3N3O4. The lowest BCUT2D eigenvalue weighted by Crippen LogP contribution is -2.50. The van der Waals surface area contributed by atoms with Gasteiger partial charge in [0.25, 0.3) is 0 Å². The first-order chi connectivity index (χ1) is 19.1. The number of benzene rings is 3. The van der Waals surface area contributed by atoms with E-state index in [1.165, 1.54) is 18.2 Å². The highest BCUT2D eigenvalue weighted by Crippen LogP contribution is 2.27. The average Bonchev–Trinajstić information content (AvgIpc) is 3.28. The summed E-state index contributed by atoms with van der Waals surface area (Å²) in [6, 6.07) is 23.6. The lowest BCUT2D eigenvalue weighted by Gasteiger charge is -2.30. The van der Waals surface area contributed by atoms with Gasteiger partial charge in [-0.15, -0.1) is 13.2 Å². The number of hydrogen-bond acceptors (Lipinski definition) is 5. The standard InChI is InChI=1S/C30H32F3N3O4/c1-35(24-13-8-14-25(17-24)40-30(31,32)33)20-27(37)26(15-21-9-4-2-5-10-21)34-29(39)23-16-28(38)36(19-23)18-22-11-6-3-7-12-22/h2-14,17,23,26-27,37H,15-16,18-20H2,1H3,(H,34,39)/t23-,26+,27?/m1/s1. The van der Waals surface area contributed by atoms with Crippen LogP contribution in [-0.4, -0.2) is 60.5 Å². The first-order valence-electron chi connectivity index (χ1n) is 13.0. The summed E-state index contributed by atoms with van der Waals surface area (Å²) < 4.78 is 42.0. The van der Waals surface area contributed by atoms with Gasteiger partial charge < -0.3 is 25.0 Å². The molecule has 1 heterocycles. The number of halogens is 3. The van der Waals surface area contributed by atoms with Crippen LogP contribution in [0, 0.1) is 5.92 Å². The molecule has 4 rings (SSSR count). The lowest BCUT2D eigenvalue weighted by molar-refractivity contribution is -0.274. The van der Waals surface area contributed by atoms with Gasteiger partial charge in [0.05, 0.1) is 18.1 Å². The number of ether oxygens (including phenoxy) is 1. The third-order valence-electron chi connectivity index (χ3n) is 6.84. The molecule has 1 aliphatic rings. The smallest absolute Gasteiger partial charge is 0.406 e. The van der Waals surface area contributed by atoms with Crippen LogP contribution in [0.1, 0.15) is 17.5 Å². The first kappa shape index (κ1) is 28.9. The minimum absolute atomic E-state index is 0.0248. The van der Waals surface area contributed by atoms with Gasteiger partial charge in [0.2, 0.25) is 11.8 Å². The van der Waals surface area contributed by atoms with Crippen LogP contribution in [0.3, 0.4) is 0 Å². The zero-order chi connectivity index (χ0) is 28.7. The van der Waals surface area contributed by atoms with Crippen molar-refractivity contribution in [3.05, 3.63) is 96.1 Å². The van der Waals surface area contributed by atoms with E-state index in [1.54, 1.807) is 22.9 Å². The van der Waals surface area contributed by atoms with Crippen molar-refractivity contribution in [2.75, 3.05) is 25.0 Å². The molecule has 0 saturated carbocycles. The van der Waals surface area contributed by atoms with Crippen LogP contribution in [0.15, 0.2) is 84.9 Å². The molecule has 1 saturated heterocycles. The van der Waals surface area contributed by atoms with Crippen molar-refractivity contribution in [2.24, 2.45) is 5.92 Å². The number of alkyl halides is 3. The van der Waals surface area contributed by atoms with Gasteiger partial charge >= 0.3 is 6.36 Å². The molecule has 0 bridgehead atoms. The summed E-state index contributed by atoms with van der Waals surface area (Å²) in [6.07, 6.45) is -5.48. The Morgan fingerprint density at radius 2 is 1.70 bits per heavy atom. The highest BCUT2D eigenvalue weighted by atomic mass is 19.4. The predicted octanol–water partition coefficient (Wildman–Crippen LogP) is 4.16. The molecule has 1 fully saturated rings. The molecule has 7 nitrogen and oxygen atoms in total. The van der Waals surface area contributed by atoms with Crippen molar-refractivity contribution in [1.29, 1.82) is 0 Å². The van der Waals surface area contributed by atoms with Crippen molar-refractivity contribution in [1.82, 2.24) is 10.2 Å². The molecule has 0 aliphatic carbocycles. The average molecular weight is 556 g/mol. The molecule has 212 valence electrons. The number of anilines is 1. The van der Waals surface area contributed by atoms with Crippen molar-refractivity contribution >= 4 is 17.5 Å². The molecule has 40 heavy (non-hydrogen) atoms. The summed E-state index contributed by atoms with van der Waals surface area (Å²) in [5.41, 5.74) is 2.27. The van der Waals surface area contributed by atoms with Crippen LogP contribution < -0.4 is 15.0 Å². The van der Waals surface area contributed by atoms with E-state index in [2.05, 4.69) is 10.1 Å². The van der Waals surface area contributed by atoms with Gasteiger partial charge in [0, 0.05) is 44.9 Å². The highest BCUT2D eigenvalue weighted by molar-refractivity contribution is 5.89. The number of amides is 2. The summed E-state index contributed by atoms with van der Waals surface area (Å²) in [4.78, 5) is 29.2. The van der Waals surface area contributed by atoms with E-state index in [0.29, 0.717) is 18.7 Å². The second-order valence-electron chi connectivity index (χ2n) is 9.96. The van der Waals surface area contributed by atoms with Crippen molar-refractivity contribution in [2.45, 2.75) is 37.9 Å². The number of nitrogens with one attached hydrogen (secondary N) is 1. The molecule has 3 atom stereocenters. The SMILES string of the molecule is CN(CC(O)[C@H](Cc1ccccc1)NC(=O)[C@@H]1CC(=O)N(Cc2ccccc2)C1)c1cccc(OC(F)(F)F)c1. The molecule has 3 aromatic carbocycles. The maximum absolute atomic E-state index is 13.3. The van der Waals surface area contributed by atoms with E-state index < -0.39 is 24.4 Å². The monoisotopic (exact) mass is 555 g/mol. The quantitative estimate of drug-likeness (QED) is 0.372. The molecule has 2 amide bonds. The maximum Gasteiger partial charge on any atom is 0.573 e. The molecule has 0 aromatic heterocycles. The fourth-order valence-electron chi connectivity index (χ4n) is 4.79. The van der Waals surface area contributed by atoms with E-state index in [0.717, 1.165) is 11.1 Å².